The largest absolute Gasteiger partial charge is 0.481 e. The topological polar surface area (TPSA) is 131 Å². The summed E-state index contributed by atoms with van der Waals surface area (Å²) in [5.74, 6) is -2.51. The van der Waals surface area contributed by atoms with Crippen molar-refractivity contribution in [1.29, 1.82) is 0 Å². The highest BCUT2D eigenvalue weighted by atomic mass is 16.4. The zero-order valence-corrected chi connectivity index (χ0v) is 15.4. The van der Waals surface area contributed by atoms with E-state index in [1.807, 2.05) is 20.0 Å². The molecule has 0 saturated carbocycles. The molecule has 0 bridgehead atoms. The van der Waals surface area contributed by atoms with Crippen LogP contribution in [0.1, 0.15) is 31.7 Å². The van der Waals surface area contributed by atoms with Crippen molar-refractivity contribution in [3.8, 4) is 0 Å². The number of carboxylic acids is 1. The van der Waals surface area contributed by atoms with Gasteiger partial charge in [0, 0.05) is 38.8 Å². The fraction of sp³-hybridized carbons (Fsp3) is 0.647. The van der Waals surface area contributed by atoms with E-state index in [1.165, 1.54) is 4.90 Å². The van der Waals surface area contributed by atoms with Crippen LogP contribution in [0.2, 0.25) is 0 Å². The third-order valence-electron chi connectivity index (χ3n) is 4.73. The zero-order chi connectivity index (χ0) is 19.4. The van der Waals surface area contributed by atoms with Gasteiger partial charge in [-0.15, -0.1) is 0 Å². The molecule has 3 amide bonds. The molecule has 0 spiro atoms. The number of aryl methyl sites for hydroxylation is 1. The van der Waals surface area contributed by atoms with Crippen molar-refractivity contribution in [2.24, 2.45) is 30.5 Å². The Morgan fingerprint density at radius 2 is 2.08 bits per heavy atom. The Balaban J connectivity index is 2.01. The Labute approximate surface area is 152 Å². The van der Waals surface area contributed by atoms with E-state index in [0.29, 0.717) is 13.0 Å². The average Bonchev–Trinajstić information content (AvgIpc) is 3.16. The molecule has 1 aromatic rings. The summed E-state index contributed by atoms with van der Waals surface area (Å²) in [4.78, 5) is 37.1. The van der Waals surface area contributed by atoms with Gasteiger partial charge in [0.05, 0.1) is 18.0 Å². The van der Waals surface area contributed by atoms with E-state index in [2.05, 4.69) is 10.4 Å². The second-order valence-corrected chi connectivity index (χ2v) is 7.32. The maximum absolute atomic E-state index is 12.5. The number of carbonyl (C=O) groups is 3. The number of hydrogen-bond acceptors (Lipinski definition) is 4. The van der Waals surface area contributed by atoms with Crippen LogP contribution in [0, 0.1) is 17.8 Å². The van der Waals surface area contributed by atoms with Gasteiger partial charge in [-0.25, -0.2) is 4.79 Å². The number of carboxylic acid groups (broad SMARTS) is 1. The van der Waals surface area contributed by atoms with Crippen LogP contribution < -0.4 is 11.1 Å². The summed E-state index contributed by atoms with van der Waals surface area (Å²) in [7, 11) is 1.78. The lowest BCUT2D eigenvalue weighted by molar-refractivity contribution is -0.142. The molecule has 144 valence electrons. The smallest absolute Gasteiger partial charge is 0.317 e. The Morgan fingerprint density at radius 3 is 2.58 bits per heavy atom. The van der Waals surface area contributed by atoms with Crippen molar-refractivity contribution in [3.63, 3.8) is 0 Å². The van der Waals surface area contributed by atoms with Crippen molar-refractivity contribution >= 4 is 17.9 Å². The highest BCUT2D eigenvalue weighted by Crippen LogP contribution is 2.32. The number of rotatable bonds is 7. The molecule has 0 aromatic carbocycles. The number of likely N-dealkylation sites (tertiary alicyclic amines) is 1. The molecule has 9 nitrogen and oxygen atoms in total. The van der Waals surface area contributed by atoms with E-state index in [4.69, 9.17) is 5.73 Å². The quantitative estimate of drug-likeness (QED) is 0.643. The number of aliphatic carboxylic acids is 1. The van der Waals surface area contributed by atoms with Gasteiger partial charge in [0.2, 0.25) is 5.91 Å². The van der Waals surface area contributed by atoms with Gasteiger partial charge in [0.15, 0.2) is 0 Å². The third kappa shape index (κ3) is 4.74. The van der Waals surface area contributed by atoms with E-state index in [-0.39, 0.29) is 31.0 Å². The van der Waals surface area contributed by atoms with Crippen LogP contribution in [0.4, 0.5) is 4.79 Å². The standard InChI is InChI=1S/C17H27N5O4/c1-10(2)4-11(16(24)25)5-19-17(26)22-8-13(14(9-22)15(18)23)12-6-20-21(3)7-12/h6-7,10-11,13-14H,4-5,8-9H2,1-3H3,(H2,18,23)(H,19,26)(H,24,25)/t11?,13-,14+/m1/s1. The summed E-state index contributed by atoms with van der Waals surface area (Å²) in [5, 5.41) is 16.1. The minimum absolute atomic E-state index is 0.0572. The highest BCUT2D eigenvalue weighted by Gasteiger charge is 2.40. The Bertz CT molecular complexity index is 672. The Kier molecular flexibility index (Phi) is 6.23. The molecular formula is C17H27N5O4. The first kappa shape index (κ1) is 19.7. The number of nitrogens with two attached hydrogens (primary N) is 1. The van der Waals surface area contributed by atoms with Gasteiger partial charge in [-0.1, -0.05) is 13.8 Å². The molecule has 1 fully saturated rings. The van der Waals surface area contributed by atoms with Gasteiger partial charge >= 0.3 is 12.0 Å². The number of nitrogens with zero attached hydrogens (tertiary/aromatic N) is 3. The highest BCUT2D eigenvalue weighted by molar-refractivity contribution is 5.82. The van der Waals surface area contributed by atoms with Crippen LogP contribution in [0.25, 0.3) is 0 Å². The van der Waals surface area contributed by atoms with Crippen molar-refractivity contribution in [3.05, 3.63) is 18.0 Å². The Morgan fingerprint density at radius 1 is 1.38 bits per heavy atom. The number of nitrogens with one attached hydrogen (secondary N) is 1. The maximum Gasteiger partial charge on any atom is 0.317 e. The third-order valence-corrected chi connectivity index (χ3v) is 4.73. The number of primary amides is 1. The Hall–Kier alpha value is -2.58. The fourth-order valence-corrected chi connectivity index (χ4v) is 3.39. The van der Waals surface area contributed by atoms with Crippen molar-refractivity contribution in [1.82, 2.24) is 20.0 Å². The van der Waals surface area contributed by atoms with Gasteiger partial charge < -0.3 is 21.1 Å². The first-order chi connectivity index (χ1) is 12.2. The second kappa shape index (κ2) is 8.20. The molecule has 3 atom stereocenters. The maximum atomic E-state index is 12.5. The average molecular weight is 365 g/mol. The molecule has 1 aliphatic rings. The van der Waals surface area contributed by atoms with E-state index in [1.54, 1.807) is 17.9 Å². The summed E-state index contributed by atoms with van der Waals surface area (Å²) >= 11 is 0. The van der Waals surface area contributed by atoms with Crippen LogP contribution >= 0.6 is 0 Å². The monoisotopic (exact) mass is 365 g/mol. The summed E-state index contributed by atoms with van der Waals surface area (Å²) in [6, 6.07) is -0.377. The van der Waals surface area contributed by atoms with Gasteiger partial charge in [0.1, 0.15) is 0 Å². The van der Waals surface area contributed by atoms with E-state index < -0.39 is 23.7 Å². The minimum Gasteiger partial charge on any atom is -0.481 e. The van der Waals surface area contributed by atoms with Crippen molar-refractivity contribution < 1.29 is 19.5 Å². The normalized spacial score (nSPS) is 21.0. The summed E-state index contributed by atoms with van der Waals surface area (Å²) in [6.45, 7) is 4.49. The number of amides is 3. The zero-order valence-electron chi connectivity index (χ0n) is 15.4. The second-order valence-electron chi connectivity index (χ2n) is 7.32. The molecule has 0 radical (unpaired) electrons. The summed E-state index contributed by atoms with van der Waals surface area (Å²) < 4.78 is 1.64. The molecule has 1 saturated heterocycles. The molecule has 1 aliphatic heterocycles. The van der Waals surface area contributed by atoms with Crippen LogP contribution in [-0.4, -0.2) is 57.3 Å². The van der Waals surface area contributed by atoms with Gasteiger partial charge in [-0.3, -0.25) is 14.3 Å². The van der Waals surface area contributed by atoms with Crippen LogP contribution in [-0.2, 0) is 16.6 Å². The molecule has 26 heavy (non-hydrogen) atoms. The van der Waals surface area contributed by atoms with Crippen LogP contribution in [0.15, 0.2) is 12.4 Å². The molecule has 0 aliphatic carbocycles. The van der Waals surface area contributed by atoms with Gasteiger partial charge in [-0.05, 0) is 17.9 Å². The molecule has 4 N–H and O–H groups in total. The predicted octanol–water partition coefficient (Wildman–Crippen LogP) is 0.377. The van der Waals surface area contributed by atoms with Crippen molar-refractivity contribution in [2.75, 3.05) is 19.6 Å². The molecule has 2 heterocycles. The van der Waals surface area contributed by atoms with Crippen LogP contribution in [0.3, 0.4) is 0 Å². The number of urea groups is 1. The van der Waals surface area contributed by atoms with E-state index in [9.17, 15) is 19.5 Å². The molecular weight excluding hydrogens is 338 g/mol. The first-order valence-corrected chi connectivity index (χ1v) is 8.72. The lowest BCUT2D eigenvalue weighted by Gasteiger charge is -2.20. The molecule has 1 unspecified atom stereocenters. The number of hydrogen-bond donors (Lipinski definition) is 3. The summed E-state index contributed by atoms with van der Waals surface area (Å²) in [6.07, 6.45) is 3.97. The fourth-order valence-electron chi connectivity index (χ4n) is 3.39. The number of aromatic nitrogens is 2. The van der Waals surface area contributed by atoms with Gasteiger partial charge in [-0.2, -0.15) is 5.10 Å². The first-order valence-electron chi connectivity index (χ1n) is 8.72. The van der Waals surface area contributed by atoms with Crippen LogP contribution in [0.5, 0.6) is 0 Å². The van der Waals surface area contributed by atoms with Gasteiger partial charge in [0.25, 0.3) is 0 Å². The lowest BCUT2D eigenvalue weighted by atomic mass is 9.90. The SMILES string of the molecule is CC(C)CC(CNC(=O)N1C[C@H](C(N)=O)[C@@H](c2cnn(C)c2)C1)C(=O)O. The summed E-state index contributed by atoms with van der Waals surface area (Å²) in [5.41, 5.74) is 6.37. The number of carbonyl (C=O) groups excluding carboxylic acids is 2. The van der Waals surface area contributed by atoms with E-state index >= 15 is 0 Å². The molecule has 1 aromatic heterocycles. The predicted molar refractivity (Wildman–Crippen MR) is 94.2 cm³/mol. The lowest BCUT2D eigenvalue weighted by Crippen LogP contribution is -2.42. The van der Waals surface area contributed by atoms with Crippen molar-refractivity contribution in [2.45, 2.75) is 26.2 Å². The van der Waals surface area contributed by atoms with E-state index in [0.717, 1.165) is 5.56 Å². The molecule has 2 rings (SSSR count). The minimum atomic E-state index is -0.927. The molecule has 9 heteroatoms.